The molecule has 2 amide bonds. The minimum atomic E-state index is -0.257. The summed E-state index contributed by atoms with van der Waals surface area (Å²) in [5.41, 5.74) is 6.11. The van der Waals surface area contributed by atoms with Crippen LogP contribution in [0.15, 0.2) is 65.7 Å². The molecule has 0 saturated carbocycles. The quantitative estimate of drug-likeness (QED) is 0.594. The number of anilines is 2. The molecule has 3 aromatic rings. The number of carbonyl (C=O) groups excluding carboxylic acids is 2. The fourth-order valence-corrected chi connectivity index (χ4v) is 4.41. The minimum absolute atomic E-state index is 0.0746. The maximum absolute atomic E-state index is 12.3. The number of nitrogens with zero attached hydrogens (tertiary/aromatic N) is 2. The lowest BCUT2D eigenvalue weighted by atomic mass is 9.97. The van der Waals surface area contributed by atoms with Crippen LogP contribution < -0.4 is 16.0 Å². The molecule has 1 fully saturated rings. The number of carbonyl (C=O) groups is 2. The van der Waals surface area contributed by atoms with Crippen LogP contribution in [-0.4, -0.2) is 35.6 Å². The van der Waals surface area contributed by atoms with E-state index in [-0.39, 0.29) is 17.7 Å². The molecule has 1 aliphatic heterocycles. The van der Waals surface area contributed by atoms with Crippen LogP contribution in [0.3, 0.4) is 0 Å². The van der Waals surface area contributed by atoms with Gasteiger partial charge in [-0.1, -0.05) is 30.3 Å². The van der Waals surface area contributed by atoms with Crippen molar-refractivity contribution in [3.63, 3.8) is 0 Å². The lowest BCUT2D eigenvalue weighted by Gasteiger charge is -2.32. The van der Waals surface area contributed by atoms with Gasteiger partial charge in [0.25, 0.3) is 0 Å². The molecule has 0 radical (unpaired) electrons. The molecule has 154 valence electrons. The number of hydrogen-bond acceptors (Lipinski definition) is 5. The zero-order valence-corrected chi connectivity index (χ0v) is 17.4. The Kier molecular flexibility index (Phi) is 6.18. The van der Waals surface area contributed by atoms with E-state index in [0.717, 1.165) is 30.1 Å². The standard InChI is InChI=1S/C23H24N4O2S/c24-23(29)18-6-3-11-27(14-18)21-10-8-19(13-25-21)26-22(28)15-30-20-9-7-16-4-1-2-5-17(16)12-20/h1-2,4-5,7-10,12-13,18H,3,6,11,14-15H2,(H2,24,29)(H,26,28). The van der Waals surface area contributed by atoms with Crippen molar-refractivity contribution >= 4 is 45.9 Å². The van der Waals surface area contributed by atoms with Crippen molar-refractivity contribution in [2.24, 2.45) is 11.7 Å². The first-order chi connectivity index (χ1) is 14.6. The molecule has 0 aliphatic carbocycles. The van der Waals surface area contributed by atoms with Crippen molar-refractivity contribution in [1.29, 1.82) is 0 Å². The summed E-state index contributed by atoms with van der Waals surface area (Å²) >= 11 is 1.51. The summed E-state index contributed by atoms with van der Waals surface area (Å²) < 4.78 is 0. The second-order valence-corrected chi connectivity index (χ2v) is 8.49. The van der Waals surface area contributed by atoms with Crippen molar-refractivity contribution in [1.82, 2.24) is 4.98 Å². The van der Waals surface area contributed by atoms with Gasteiger partial charge in [-0.05, 0) is 47.9 Å². The Morgan fingerprint density at radius 2 is 1.97 bits per heavy atom. The van der Waals surface area contributed by atoms with E-state index in [1.807, 2.05) is 30.3 Å². The van der Waals surface area contributed by atoms with Gasteiger partial charge in [0.1, 0.15) is 5.82 Å². The highest BCUT2D eigenvalue weighted by Crippen LogP contribution is 2.25. The van der Waals surface area contributed by atoms with Crippen molar-refractivity contribution in [3.05, 3.63) is 60.8 Å². The highest BCUT2D eigenvalue weighted by Gasteiger charge is 2.24. The lowest BCUT2D eigenvalue weighted by molar-refractivity contribution is -0.122. The summed E-state index contributed by atoms with van der Waals surface area (Å²) in [6.45, 7) is 1.45. The maximum Gasteiger partial charge on any atom is 0.234 e. The minimum Gasteiger partial charge on any atom is -0.369 e. The van der Waals surface area contributed by atoms with Crippen molar-refractivity contribution in [3.8, 4) is 0 Å². The van der Waals surface area contributed by atoms with Gasteiger partial charge in [-0.15, -0.1) is 11.8 Å². The summed E-state index contributed by atoms with van der Waals surface area (Å²) in [5, 5.41) is 5.25. The van der Waals surface area contributed by atoms with Gasteiger partial charge in [-0.3, -0.25) is 9.59 Å². The van der Waals surface area contributed by atoms with E-state index >= 15 is 0 Å². The number of piperidine rings is 1. The molecular formula is C23H24N4O2S. The molecule has 0 bridgehead atoms. The van der Waals surface area contributed by atoms with Crippen LogP contribution >= 0.6 is 11.8 Å². The van der Waals surface area contributed by atoms with Crippen LogP contribution in [0, 0.1) is 5.92 Å². The summed E-state index contributed by atoms with van der Waals surface area (Å²) in [7, 11) is 0. The van der Waals surface area contributed by atoms with Gasteiger partial charge in [0.05, 0.1) is 23.6 Å². The molecule has 1 atom stereocenters. The van der Waals surface area contributed by atoms with E-state index in [0.29, 0.717) is 18.0 Å². The molecule has 3 N–H and O–H groups in total. The van der Waals surface area contributed by atoms with Crippen LogP contribution in [-0.2, 0) is 9.59 Å². The number of thioether (sulfide) groups is 1. The molecular weight excluding hydrogens is 396 g/mol. The lowest BCUT2D eigenvalue weighted by Crippen LogP contribution is -2.41. The zero-order valence-electron chi connectivity index (χ0n) is 16.6. The van der Waals surface area contributed by atoms with Gasteiger partial charge < -0.3 is 16.0 Å². The second kappa shape index (κ2) is 9.17. The van der Waals surface area contributed by atoms with Gasteiger partial charge in [0.2, 0.25) is 11.8 Å². The summed E-state index contributed by atoms with van der Waals surface area (Å²) in [5.74, 6) is 0.658. The summed E-state index contributed by atoms with van der Waals surface area (Å²) in [6, 6.07) is 18.1. The Labute approximate surface area is 179 Å². The van der Waals surface area contributed by atoms with E-state index in [2.05, 4.69) is 39.5 Å². The van der Waals surface area contributed by atoms with Crippen molar-refractivity contribution in [2.75, 3.05) is 29.1 Å². The van der Waals surface area contributed by atoms with Crippen molar-refractivity contribution < 1.29 is 9.59 Å². The third-order valence-corrected chi connectivity index (χ3v) is 6.26. The fourth-order valence-electron chi connectivity index (χ4n) is 3.67. The molecule has 1 unspecified atom stereocenters. The normalized spacial score (nSPS) is 16.4. The van der Waals surface area contributed by atoms with E-state index in [1.165, 1.54) is 22.5 Å². The van der Waals surface area contributed by atoms with Crippen molar-refractivity contribution in [2.45, 2.75) is 17.7 Å². The number of aromatic nitrogens is 1. The zero-order chi connectivity index (χ0) is 20.9. The van der Waals surface area contributed by atoms with Crippen LogP contribution in [0.2, 0.25) is 0 Å². The Morgan fingerprint density at radius 1 is 1.13 bits per heavy atom. The molecule has 2 aromatic carbocycles. The van der Waals surface area contributed by atoms with Gasteiger partial charge in [0.15, 0.2) is 0 Å². The third kappa shape index (κ3) is 4.91. The Morgan fingerprint density at radius 3 is 2.73 bits per heavy atom. The van der Waals surface area contributed by atoms with Crippen LogP contribution in [0.25, 0.3) is 10.8 Å². The van der Waals surface area contributed by atoms with E-state index in [4.69, 9.17) is 5.73 Å². The van der Waals surface area contributed by atoms with Gasteiger partial charge in [0, 0.05) is 18.0 Å². The van der Waals surface area contributed by atoms with Crippen LogP contribution in [0.4, 0.5) is 11.5 Å². The predicted molar refractivity (Wildman–Crippen MR) is 122 cm³/mol. The first-order valence-electron chi connectivity index (χ1n) is 10.0. The number of benzene rings is 2. The first kappa shape index (κ1) is 20.2. The highest BCUT2D eigenvalue weighted by molar-refractivity contribution is 8.00. The number of nitrogens with one attached hydrogen (secondary N) is 1. The summed E-state index contributed by atoms with van der Waals surface area (Å²) in [4.78, 5) is 31.4. The highest BCUT2D eigenvalue weighted by atomic mass is 32.2. The van der Waals surface area contributed by atoms with Crippen LogP contribution in [0.5, 0.6) is 0 Å². The molecule has 6 nitrogen and oxygen atoms in total. The predicted octanol–water partition coefficient (Wildman–Crippen LogP) is 3.67. The monoisotopic (exact) mass is 420 g/mol. The number of amides is 2. The average molecular weight is 421 g/mol. The SMILES string of the molecule is NC(=O)C1CCCN(c2ccc(NC(=O)CSc3ccc4ccccc4c3)cn2)C1. The fraction of sp³-hybridized carbons (Fsp3) is 0.261. The van der Waals surface area contributed by atoms with Crippen LogP contribution in [0.1, 0.15) is 12.8 Å². The Balaban J connectivity index is 1.31. The summed E-state index contributed by atoms with van der Waals surface area (Å²) in [6.07, 6.45) is 3.40. The van der Waals surface area contributed by atoms with E-state index in [1.54, 1.807) is 6.20 Å². The number of rotatable bonds is 6. The number of fused-ring (bicyclic) bond motifs is 1. The maximum atomic E-state index is 12.3. The van der Waals surface area contributed by atoms with Gasteiger partial charge in [-0.25, -0.2) is 4.98 Å². The Bertz CT molecular complexity index is 1050. The first-order valence-corrected chi connectivity index (χ1v) is 11.0. The molecule has 1 aromatic heterocycles. The number of primary amides is 1. The second-order valence-electron chi connectivity index (χ2n) is 7.44. The Hall–Kier alpha value is -3.06. The molecule has 1 saturated heterocycles. The largest absolute Gasteiger partial charge is 0.369 e. The topological polar surface area (TPSA) is 88.3 Å². The molecule has 4 rings (SSSR count). The van der Waals surface area contributed by atoms with Gasteiger partial charge >= 0.3 is 0 Å². The molecule has 2 heterocycles. The average Bonchev–Trinajstić information content (AvgIpc) is 2.78. The molecule has 1 aliphatic rings. The molecule has 0 spiro atoms. The number of pyridine rings is 1. The molecule has 30 heavy (non-hydrogen) atoms. The van der Waals surface area contributed by atoms with E-state index < -0.39 is 0 Å². The smallest absolute Gasteiger partial charge is 0.234 e. The molecule has 7 heteroatoms. The van der Waals surface area contributed by atoms with Gasteiger partial charge in [-0.2, -0.15) is 0 Å². The number of hydrogen-bond donors (Lipinski definition) is 2. The van der Waals surface area contributed by atoms with E-state index in [9.17, 15) is 9.59 Å². The number of nitrogens with two attached hydrogens (primary N) is 1. The third-order valence-electron chi connectivity index (χ3n) is 5.27.